The van der Waals surface area contributed by atoms with Crippen molar-refractivity contribution in [3.63, 3.8) is 0 Å². The second-order valence-corrected chi connectivity index (χ2v) is 6.95. The van der Waals surface area contributed by atoms with Gasteiger partial charge in [-0.3, -0.25) is 9.36 Å². The minimum absolute atomic E-state index is 0.107. The molecule has 5 aromatic rings. The molecule has 5 heteroatoms. The van der Waals surface area contributed by atoms with E-state index in [-0.39, 0.29) is 5.56 Å². The Balaban J connectivity index is 1.70. The number of aromatic amines is 1. The molecule has 0 saturated carbocycles. The minimum atomic E-state index is -0.107. The number of para-hydroxylation sites is 2. The third kappa shape index (κ3) is 3.06. The van der Waals surface area contributed by atoms with Gasteiger partial charge in [0.1, 0.15) is 11.6 Å². The van der Waals surface area contributed by atoms with Crippen LogP contribution in [0.5, 0.6) is 5.75 Å². The number of rotatable bonds is 4. The molecular formula is C25H19N3O2. The van der Waals surface area contributed by atoms with Gasteiger partial charge in [0, 0.05) is 17.1 Å². The molecule has 5 nitrogen and oxygen atoms in total. The number of hydrogen-bond acceptors (Lipinski definition) is 3. The maximum Gasteiger partial charge on any atom is 0.266 e. The molecule has 1 N–H and O–H groups in total. The van der Waals surface area contributed by atoms with Crippen LogP contribution < -0.4 is 10.3 Å². The lowest BCUT2D eigenvalue weighted by molar-refractivity contribution is 0.414. The zero-order valence-electron chi connectivity index (χ0n) is 16.4. The van der Waals surface area contributed by atoms with E-state index in [0.29, 0.717) is 16.7 Å². The maximum atomic E-state index is 13.3. The Morgan fingerprint density at radius 1 is 0.900 bits per heavy atom. The molecule has 3 aromatic carbocycles. The zero-order valence-corrected chi connectivity index (χ0v) is 16.4. The minimum Gasteiger partial charge on any atom is -0.497 e. The number of benzene rings is 3. The molecule has 0 saturated heterocycles. The lowest BCUT2D eigenvalue weighted by atomic mass is 10.1. The van der Waals surface area contributed by atoms with E-state index in [1.54, 1.807) is 17.7 Å². The first-order chi connectivity index (χ1) is 14.7. The summed E-state index contributed by atoms with van der Waals surface area (Å²) >= 11 is 0. The summed E-state index contributed by atoms with van der Waals surface area (Å²) in [4.78, 5) is 21.4. The second-order valence-electron chi connectivity index (χ2n) is 6.95. The highest BCUT2D eigenvalue weighted by Crippen LogP contribution is 2.21. The Morgan fingerprint density at radius 2 is 1.63 bits per heavy atom. The number of methoxy groups -OCH3 is 1. The molecule has 0 fully saturated rings. The fourth-order valence-electron chi connectivity index (χ4n) is 3.64. The van der Waals surface area contributed by atoms with Gasteiger partial charge in [0.2, 0.25) is 0 Å². The van der Waals surface area contributed by atoms with Crippen LogP contribution >= 0.6 is 0 Å². The molecule has 2 aromatic heterocycles. The van der Waals surface area contributed by atoms with Crippen LogP contribution in [0.15, 0.2) is 83.8 Å². The predicted octanol–water partition coefficient (Wildman–Crippen LogP) is 5.05. The smallest absolute Gasteiger partial charge is 0.266 e. The van der Waals surface area contributed by atoms with Crippen LogP contribution in [0.3, 0.4) is 0 Å². The summed E-state index contributed by atoms with van der Waals surface area (Å²) in [5.74, 6) is 1.30. The Kier molecular flexibility index (Phi) is 4.41. The van der Waals surface area contributed by atoms with Crippen LogP contribution in [0.25, 0.3) is 39.6 Å². The topological polar surface area (TPSA) is 59.9 Å². The van der Waals surface area contributed by atoms with E-state index >= 15 is 0 Å². The highest BCUT2D eigenvalue weighted by molar-refractivity contribution is 5.91. The molecule has 5 rings (SSSR count). The fraction of sp³-hybridized carbons (Fsp3) is 0.0400. The van der Waals surface area contributed by atoms with Crippen LogP contribution in [-0.2, 0) is 0 Å². The van der Waals surface area contributed by atoms with Crippen LogP contribution in [0.1, 0.15) is 11.4 Å². The summed E-state index contributed by atoms with van der Waals surface area (Å²) < 4.78 is 6.88. The highest BCUT2D eigenvalue weighted by atomic mass is 16.5. The lowest BCUT2D eigenvalue weighted by Gasteiger charge is -2.12. The average molecular weight is 393 g/mol. The van der Waals surface area contributed by atoms with Gasteiger partial charge < -0.3 is 9.72 Å². The first-order valence-electron chi connectivity index (χ1n) is 9.65. The van der Waals surface area contributed by atoms with Gasteiger partial charge in [-0.15, -0.1) is 0 Å². The number of H-pyrrole nitrogens is 1. The number of aromatic nitrogens is 3. The van der Waals surface area contributed by atoms with Crippen LogP contribution in [0.2, 0.25) is 0 Å². The van der Waals surface area contributed by atoms with Gasteiger partial charge >= 0.3 is 0 Å². The monoisotopic (exact) mass is 393 g/mol. The van der Waals surface area contributed by atoms with Crippen LogP contribution in [0, 0.1) is 0 Å². The zero-order chi connectivity index (χ0) is 20.5. The second kappa shape index (κ2) is 7.37. The first kappa shape index (κ1) is 17.9. The molecule has 0 atom stereocenters. The Bertz CT molecular complexity index is 1440. The number of nitrogens with zero attached hydrogens (tertiary/aromatic N) is 2. The van der Waals surface area contributed by atoms with Gasteiger partial charge in [0.15, 0.2) is 0 Å². The number of nitrogens with one attached hydrogen (secondary N) is 1. The van der Waals surface area contributed by atoms with Gasteiger partial charge in [-0.1, -0.05) is 30.3 Å². The lowest BCUT2D eigenvalue weighted by Crippen LogP contribution is -2.22. The van der Waals surface area contributed by atoms with Crippen molar-refractivity contribution in [2.45, 2.75) is 0 Å². The molecule has 0 aliphatic carbocycles. The van der Waals surface area contributed by atoms with Gasteiger partial charge in [-0.05, 0) is 60.2 Å². The number of fused-ring (bicyclic) bond motifs is 2. The van der Waals surface area contributed by atoms with Gasteiger partial charge in [-0.25, -0.2) is 4.98 Å². The Hall–Kier alpha value is -4.12. The van der Waals surface area contributed by atoms with Crippen molar-refractivity contribution in [3.8, 4) is 11.4 Å². The third-order valence-corrected chi connectivity index (χ3v) is 5.17. The van der Waals surface area contributed by atoms with E-state index in [4.69, 9.17) is 9.72 Å². The highest BCUT2D eigenvalue weighted by Gasteiger charge is 2.11. The maximum absolute atomic E-state index is 13.3. The Morgan fingerprint density at radius 3 is 2.43 bits per heavy atom. The molecule has 146 valence electrons. The molecular weight excluding hydrogens is 374 g/mol. The molecule has 0 spiro atoms. The van der Waals surface area contributed by atoms with Crippen molar-refractivity contribution in [2.75, 3.05) is 7.11 Å². The van der Waals surface area contributed by atoms with E-state index in [2.05, 4.69) is 11.1 Å². The first-order valence-corrected chi connectivity index (χ1v) is 9.65. The molecule has 30 heavy (non-hydrogen) atoms. The molecule has 0 unspecified atom stereocenters. The summed E-state index contributed by atoms with van der Waals surface area (Å²) in [5.41, 5.74) is 3.40. The van der Waals surface area contributed by atoms with Crippen molar-refractivity contribution < 1.29 is 4.74 Å². The molecule has 0 aliphatic rings. The van der Waals surface area contributed by atoms with Crippen LogP contribution in [0.4, 0.5) is 0 Å². The van der Waals surface area contributed by atoms with Gasteiger partial charge in [-0.2, -0.15) is 0 Å². The van der Waals surface area contributed by atoms with Gasteiger partial charge in [0.25, 0.3) is 5.56 Å². The summed E-state index contributed by atoms with van der Waals surface area (Å²) in [6.07, 6.45) is 5.82. The van der Waals surface area contributed by atoms with E-state index in [9.17, 15) is 4.79 Å². The average Bonchev–Trinajstić information content (AvgIpc) is 3.21. The largest absolute Gasteiger partial charge is 0.497 e. The molecule has 0 radical (unpaired) electrons. The SMILES string of the molecule is COc1ccc(-n2c(/C=C\c3c[nH]c4ccccc34)nc3ccccc3c2=O)cc1. The third-order valence-electron chi connectivity index (χ3n) is 5.17. The predicted molar refractivity (Wildman–Crippen MR) is 121 cm³/mol. The summed E-state index contributed by atoms with van der Waals surface area (Å²) in [5, 5.41) is 1.70. The molecule has 0 bridgehead atoms. The molecule has 2 heterocycles. The van der Waals surface area contributed by atoms with E-state index in [1.165, 1.54) is 0 Å². The summed E-state index contributed by atoms with van der Waals surface area (Å²) in [7, 11) is 1.62. The van der Waals surface area contributed by atoms with Crippen LogP contribution in [-0.4, -0.2) is 21.6 Å². The van der Waals surface area contributed by atoms with Crippen molar-refractivity contribution in [1.82, 2.24) is 14.5 Å². The number of ether oxygens (including phenoxy) is 1. The quantitative estimate of drug-likeness (QED) is 0.465. The van der Waals surface area contributed by atoms with Gasteiger partial charge in [0.05, 0.1) is 23.7 Å². The van der Waals surface area contributed by atoms with E-state index in [1.807, 2.05) is 79.0 Å². The number of hydrogen-bond donors (Lipinski definition) is 1. The standard InChI is InChI=1S/C25H19N3O2/c1-30-19-13-11-18(12-14-19)28-24(27-23-9-5-3-7-21(23)25(28)29)15-10-17-16-26-22-8-4-2-6-20(17)22/h2-16,26H,1H3/b15-10-. The molecule has 0 amide bonds. The van der Waals surface area contributed by atoms with Crippen molar-refractivity contribution in [2.24, 2.45) is 0 Å². The summed E-state index contributed by atoms with van der Waals surface area (Å²) in [6, 6.07) is 22.9. The Labute approximate surface area is 172 Å². The summed E-state index contributed by atoms with van der Waals surface area (Å²) in [6.45, 7) is 0. The van der Waals surface area contributed by atoms with E-state index in [0.717, 1.165) is 27.9 Å². The van der Waals surface area contributed by atoms with Crippen molar-refractivity contribution >= 4 is 34.0 Å². The van der Waals surface area contributed by atoms with Crippen molar-refractivity contribution in [3.05, 3.63) is 101 Å². The normalized spacial score (nSPS) is 11.5. The molecule has 0 aliphatic heterocycles. The van der Waals surface area contributed by atoms with Crippen molar-refractivity contribution in [1.29, 1.82) is 0 Å². The fourth-order valence-corrected chi connectivity index (χ4v) is 3.64. The van der Waals surface area contributed by atoms with E-state index < -0.39 is 0 Å².